The van der Waals surface area contributed by atoms with E-state index >= 15 is 0 Å². The van der Waals surface area contributed by atoms with Gasteiger partial charge in [-0.3, -0.25) is 0 Å². The third-order valence-electron chi connectivity index (χ3n) is 4.22. The van der Waals surface area contributed by atoms with Crippen LogP contribution in [0.5, 0.6) is 5.88 Å². The first-order valence-electron chi connectivity index (χ1n) is 7.75. The molecule has 1 aliphatic rings. The molecule has 2 aromatic heterocycles. The minimum absolute atomic E-state index is 0.549. The topological polar surface area (TPSA) is 45.5 Å². The van der Waals surface area contributed by atoms with Crippen LogP contribution in [-0.4, -0.2) is 29.9 Å². The SMILES string of the molecule is COc1ccc2c(ccn2CC2(c3ccccc3Br)OCCO2)n1. The third kappa shape index (κ3) is 2.60. The number of methoxy groups -OCH3 is 1. The van der Waals surface area contributed by atoms with Crippen molar-refractivity contribution in [2.45, 2.75) is 12.3 Å². The number of ether oxygens (including phenoxy) is 3. The molecule has 1 fully saturated rings. The number of hydrogen-bond donors (Lipinski definition) is 0. The quantitative estimate of drug-likeness (QED) is 0.683. The maximum atomic E-state index is 6.06. The van der Waals surface area contributed by atoms with Crippen LogP contribution in [0.2, 0.25) is 0 Å². The smallest absolute Gasteiger partial charge is 0.214 e. The summed E-state index contributed by atoms with van der Waals surface area (Å²) in [5, 5.41) is 0. The zero-order chi connectivity index (χ0) is 16.6. The lowest BCUT2D eigenvalue weighted by Crippen LogP contribution is -2.33. The number of benzene rings is 1. The fraction of sp³-hybridized carbons (Fsp3) is 0.278. The van der Waals surface area contributed by atoms with Crippen molar-refractivity contribution in [1.82, 2.24) is 9.55 Å². The van der Waals surface area contributed by atoms with E-state index in [2.05, 4.69) is 25.5 Å². The zero-order valence-electron chi connectivity index (χ0n) is 13.2. The van der Waals surface area contributed by atoms with Gasteiger partial charge in [0.25, 0.3) is 0 Å². The zero-order valence-corrected chi connectivity index (χ0v) is 14.8. The van der Waals surface area contributed by atoms with E-state index in [1.54, 1.807) is 7.11 Å². The van der Waals surface area contributed by atoms with E-state index in [1.807, 2.05) is 48.7 Å². The van der Waals surface area contributed by atoms with Crippen molar-refractivity contribution < 1.29 is 14.2 Å². The van der Waals surface area contributed by atoms with Crippen LogP contribution in [0.15, 0.2) is 53.1 Å². The molecule has 0 atom stereocenters. The van der Waals surface area contributed by atoms with Gasteiger partial charge < -0.3 is 18.8 Å². The highest BCUT2D eigenvalue weighted by molar-refractivity contribution is 9.10. The van der Waals surface area contributed by atoms with Gasteiger partial charge in [-0.25, -0.2) is 4.98 Å². The van der Waals surface area contributed by atoms with E-state index in [9.17, 15) is 0 Å². The predicted octanol–water partition coefficient (Wildman–Crippen LogP) is 3.71. The summed E-state index contributed by atoms with van der Waals surface area (Å²) < 4.78 is 20.4. The fourth-order valence-corrected chi connectivity index (χ4v) is 3.67. The Labute approximate surface area is 148 Å². The maximum Gasteiger partial charge on any atom is 0.214 e. The second-order valence-corrected chi connectivity index (χ2v) is 6.49. The van der Waals surface area contributed by atoms with E-state index in [1.165, 1.54) is 0 Å². The monoisotopic (exact) mass is 388 g/mol. The molecule has 0 N–H and O–H groups in total. The molecule has 4 rings (SSSR count). The number of hydrogen-bond acceptors (Lipinski definition) is 4. The van der Waals surface area contributed by atoms with Crippen LogP contribution in [0, 0.1) is 0 Å². The van der Waals surface area contributed by atoms with Gasteiger partial charge in [-0.1, -0.05) is 34.1 Å². The van der Waals surface area contributed by atoms with Crippen molar-refractivity contribution in [3.8, 4) is 5.88 Å². The molecule has 0 bridgehead atoms. The van der Waals surface area contributed by atoms with Gasteiger partial charge in [-0.05, 0) is 18.2 Å². The van der Waals surface area contributed by atoms with Crippen LogP contribution >= 0.6 is 15.9 Å². The average molecular weight is 389 g/mol. The van der Waals surface area contributed by atoms with Crippen LogP contribution in [0.25, 0.3) is 11.0 Å². The average Bonchev–Trinajstić information content (AvgIpc) is 3.23. The molecule has 5 nitrogen and oxygen atoms in total. The minimum Gasteiger partial charge on any atom is -0.481 e. The molecule has 0 aliphatic carbocycles. The standard InChI is InChI=1S/C18H17BrN2O3/c1-22-17-7-6-16-15(20-17)8-9-21(16)12-18(23-10-11-24-18)13-4-2-3-5-14(13)19/h2-9H,10-12H2,1H3. The Morgan fingerprint density at radius 1 is 1.17 bits per heavy atom. The van der Waals surface area contributed by atoms with E-state index in [-0.39, 0.29) is 0 Å². The van der Waals surface area contributed by atoms with Gasteiger partial charge in [-0.2, -0.15) is 0 Å². The highest BCUT2D eigenvalue weighted by Crippen LogP contribution is 2.38. The van der Waals surface area contributed by atoms with Gasteiger partial charge in [0.05, 0.1) is 37.9 Å². The van der Waals surface area contributed by atoms with E-state index in [0.29, 0.717) is 25.6 Å². The van der Waals surface area contributed by atoms with Crippen molar-refractivity contribution >= 4 is 27.0 Å². The van der Waals surface area contributed by atoms with Crippen LogP contribution < -0.4 is 4.74 Å². The number of pyridine rings is 1. The second-order valence-electron chi connectivity index (χ2n) is 5.63. The van der Waals surface area contributed by atoms with Crippen LogP contribution in [0.4, 0.5) is 0 Å². The first kappa shape index (κ1) is 15.6. The number of halogens is 1. The summed E-state index contributed by atoms with van der Waals surface area (Å²) in [5.74, 6) is -0.194. The Kier molecular flexibility index (Phi) is 4.04. The normalized spacial score (nSPS) is 16.6. The van der Waals surface area contributed by atoms with Crippen LogP contribution in [-0.2, 0) is 21.8 Å². The molecular weight excluding hydrogens is 372 g/mol. The predicted molar refractivity (Wildman–Crippen MR) is 94.0 cm³/mol. The Balaban J connectivity index is 1.76. The van der Waals surface area contributed by atoms with Gasteiger partial charge >= 0.3 is 0 Å². The lowest BCUT2D eigenvalue weighted by atomic mass is 10.1. The van der Waals surface area contributed by atoms with Crippen molar-refractivity contribution in [1.29, 1.82) is 0 Å². The van der Waals surface area contributed by atoms with Crippen molar-refractivity contribution in [3.63, 3.8) is 0 Å². The first-order valence-corrected chi connectivity index (χ1v) is 8.54. The van der Waals surface area contributed by atoms with Gasteiger partial charge in [0.1, 0.15) is 0 Å². The minimum atomic E-state index is -0.800. The summed E-state index contributed by atoms with van der Waals surface area (Å²) in [7, 11) is 1.62. The summed E-state index contributed by atoms with van der Waals surface area (Å²) in [4.78, 5) is 4.47. The largest absolute Gasteiger partial charge is 0.481 e. The highest BCUT2D eigenvalue weighted by atomic mass is 79.9. The molecular formula is C18H17BrN2O3. The Hall–Kier alpha value is -1.89. The van der Waals surface area contributed by atoms with Crippen molar-refractivity contribution in [3.05, 3.63) is 58.7 Å². The summed E-state index contributed by atoms with van der Waals surface area (Å²) in [5.41, 5.74) is 2.89. The summed E-state index contributed by atoms with van der Waals surface area (Å²) in [6.07, 6.45) is 2.00. The Bertz CT molecular complexity index is 872. The lowest BCUT2D eigenvalue weighted by molar-refractivity contribution is -0.176. The molecule has 24 heavy (non-hydrogen) atoms. The summed E-state index contributed by atoms with van der Waals surface area (Å²) in [6.45, 7) is 1.70. The van der Waals surface area contributed by atoms with Gasteiger partial charge in [0, 0.05) is 22.3 Å². The molecule has 3 heterocycles. The first-order chi connectivity index (χ1) is 11.7. The number of nitrogens with zero attached hydrogens (tertiary/aromatic N) is 2. The fourth-order valence-electron chi connectivity index (χ4n) is 3.09. The third-order valence-corrected chi connectivity index (χ3v) is 4.92. The number of aromatic nitrogens is 2. The molecule has 0 spiro atoms. The van der Waals surface area contributed by atoms with Crippen LogP contribution in [0.1, 0.15) is 5.56 Å². The van der Waals surface area contributed by atoms with Gasteiger partial charge in [-0.15, -0.1) is 0 Å². The van der Waals surface area contributed by atoms with E-state index in [4.69, 9.17) is 14.2 Å². The Morgan fingerprint density at radius 3 is 2.71 bits per heavy atom. The summed E-state index contributed by atoms with van der Waals surface area (Å²) >= 11 is 3.62. The van der Waals surface area contributed by atoms with Crippen molar-refractivity contribution in [2.24, 2.45) is 0 Å². The molecule has 124 valence electrons. The van der Waals surface area contributed by atoms with Gasteiger partial charge in [0.2, 0.25) is 11.7 Å². The second kappa shape index (κ2) is 6.20. The van der Waals surface area contributed by atoms with Crippen LogP contribution in [0.3, 0.4) is 0 Å². The molecule has 1 saturated heterocycles. The number of rotatable bonds is 4. The lowest BCUT2D eigenvalue weighted by Gasteiger charge is -2.29. The van der Waals surface area contributed by atoms with E-state index in [0.717, 1.165) is 21.1 Å². The van der Waals surface area contributed by atoms with Gasteiger partial charge in [0.15, 0.2) is 0 Å². The van der Waals surface area contributed by atoms with Crippen molar-refractivity contribution in [2.75, 3.05) is 20.3 Å². The Morgan fingerprint density at radius 2 is 1.96 bits per heavy atom. The summed E-state index contributed by atoms with van der Waals surface area (Å²) in [6, 6.07) is 13.8. The van der Waals surface area contributed by atoms with E-state index < -0.39 is 5.79 Å². The maximum absolute atomic E-state index is 6.06. The molecule has 6 heteroatoms. The molecule has 0 amide bonds. The highest BCUT2D eigenvalue weighted by Gasteiger charge is 2.40. The molecule has 3 aromatic rings. The molecule has 0 radical (unpaired) electrons. The molecule has 0 unspecified atom stereocenters. The molecule has 0 saturated carbocycles. The molecule has 1 aliphatic heterocycles. The number of fused-ring (bicyclic) bond motifs is 1. The molecule has 1 aromatic carbocycles.